The maximum absolute atomic E-state index is 12.7. The van der Waals surface area contributed by atoms with E-state index < -0.39 is 16.0 Å². The molecule has 0 amide bonds. The molecule has 0 saturated heterocycles. The number of oxazole rings is 1. The lowest BCUT2D eigenvalue weighted by Crippen LogP contribution is -2.30. The molecule has 0 saturated carbocycles. The Morgan fingerprint density at radius 2 is 2.00 bits per heavy atom. The quantitative estimate of drug-likeness (QED) is 0.496. The fourth-order valence-corrected chi connectivity index (χ4v) is 4.94. The number of rotatable bonds is 8. The van der Waals surface area contributed by atoms with Crippen LogP contribution in [0.3, 0.4) is 0 Å². The van der Waals surface area contributed by atoms with Gasteiger partial charge in [-0.15, -0.1) is 11.3 Å². The number of aryl methyl sites for hydroxylation is 1. The van der Waals surface area contributed by atoms with Gasteiger partial charge in [0.25, 0.3) is 0 Å². The normalized spacial score (nSPS) is 11.7. The predicted molar refractivity (Wildman–Crippen MR) is 110 cm³/mol. The average molecular weight is 435 g/mol. The highest BCUT2D eigenvalue weighted by molar-refractivity contribution is 7.89. The molecular weight excluding hydrogens is 412 g/mol. The van der Waals surface area contributed by atoms with Crippen LogP contribution in [-0.2, 0) is 21.4 Å². The number of thiophene rings is 1. The highest BCUT2D eigenvalue weighted by Crippen LogP contribution is 2.24. The van der Waals surface area contributed by atoms with Crippen molar-refractivity contribution in [2.75, 3.05) is 13.1 Å². The van der Waals surface area contributed by atoms with Crippen LogP contribution in [-0.4, -0.2) is 36.8 Å². The van der Waals surface area contributed by atoms with E-state index in [0.717, 1.165) is 4.88 Å². The SMILES string of the molecule is CCN(CC)S(=O)(=O)c1ccc(C)c(C(=O)OCc2coc(-c3cccs3)n2)c1. The molecular formula is C20H22N2O5S2. The second-order valence-corrected chi connectivity index (χ2v) is 9.15. The lowest BCUT2D eigenvalue weighted by atomic mass is 10.1. The van der Waals surface area contributed by atoms with Gasteiger partial charge in [-0.1, -0.05) is 26.0 Å². The second kappa shape index (κ2) is 8.89. The van der Waals surface area contributed by atoms with E-state index in [1.807, 2.05) is 17.5 Å². The van der Waals surface area contributed by atoms with Crippen LogP contribution in [0.15, 0.2) is 51.3 Å². The number of esters is 1. The van der Waals surface area contributed by atoms with Crippen molar-refractivity contribution in [1.82, 2.24) is 9.29 Å². The maximum Gasteiger partial charge on any atom is 0.338 e. The van der Waals surface area contributed by atoms with E-state index in [1.54, 1.807) is 26.8 Å². The van der Waals surface area contributed by atoms with Gasteiger partial charge >= 0.3 is 5.97 Å². The highest BCUT2D eigenvalue weighted by Gasteiger charge is 2.24. The number of ether oxygens (including phenoxy) is 1. The molecule has 0 spiro atoms. The first kappa shape index (κ1) is 21.2. The number of carbonyl (C=O) groups is 1. The molecule has 0 N–H and O–H groups in total. The fraction of sp³-hybridized carbons (Fsp3) is 0.300. The highest BCUT2D eigenvalue weighted by atomic mass is 32.2. The third-order valence-corrected chi connectivity index (χ3v) is 7.31. The van der Waals surface area contributed by atoms with Gasteiger partial charge in [0.1, 0.15) is 18.6 Å². The Kier molecular flexibility index (Phi) is 6.51. The molecule has 0 aliphatic rings. The van der Waals surface area contributed by atoms with Crippen LogP contribution in [0.25, 0.3) is 10.8 Å². The fourth-order valence-electron chi connectivity index (χ4n) is 2.80. The van der Waals surface area contributed by atoms with Crippen molar-refractivity contribution in [3.05, 3.63) is 58.8 Å². The van der Waals surface area contributed by atoms with Gasteiger partial charge in [-0.25, -0.2) is 18.2 Å². The van der Waals surface area contributed by atoms with Crippen molar-refractivity contribution < 1.29 is 22.4 Å². The van der Waals surface area contributed by atoms with E-state index in [9.17, 15) is 13.2 Å². The van der Waals surface area contributed by atoms with Gasteiger partial charge in [-0.05, 0) is 36.1 Å². The lowest BCUT2D eigenvalue weighted by Gasteiger charge is -2.19. The summed E-state index contributed by atoms with van der Waals surface area (Å²) >= 11 is 1.50. The number of nitrogens with zero attached hydrogens (tertiary/aromatic N) is 2. The zero-order valence-corrected chi connectivity index (χ0v) is 18.0. The van der Waals surface area contributed by atoms with Crippen LogP contribution in [0.1, 0.15) is 35.5 Å². The van der Waals surface area contributed by atoms with Gasteiger partial charge in [-0.3, -0.25) is 0 Å². The largest absolute Gasteiger partial charge is 0.455 e. The summed E-state index contributed by atoms with van der Waals surface area (Å²) in [6, 6.07) is 8.26. The number of aromatic nitrogens is 1. The molecule has 0 aliphatic carbocycles. The Morgan fingerprint density at radius 1 is 1.24 bits per heavy atom. The molecule has 0 radical (unpaired) electrons. The summed E-state index contributed by atoms with van der Waals surface area (Å²) < 4.78 is 37.5. The van der Waals surface area contributed by atoms with Gasteiger partial charge in [-0.2, -0.15) is 4.31 Å². The van der Waals surface area contributed by atoms with Crippen molar-refractivity contribution in [3.8, 4) is 10.8 Å². The first-order valence-electron chi connectivity index (χ1n) is 9.13. The van der Waals surface area contributed by atoms with Gasteiger partial charge in [0.2, 0.25) is 15.9 Å². The minimum absolute atomic E-state index is 0.0693. The third-order valence-electron chi connectivity index (χ3n) is 4.41. The molecule has 1 aromatic carbocycles. The van der Waals surface area contributed by atoms with Crippen molar-refractivity contribution in [1.29, 1.82) is 0 Å². The van der Waals surface area contributed by atoms with Gasteiger partial charge in [0, 0.05) is 13.1 Å². The molecule has 0 unspecified atom stereocenters. The Bertz CT molecular complexity index is 1080. The summed E-state index contributed by atoms with van der Waals surface area (Å²) in [5.41, 5.74) is 1.32. The van der Waals surface area contributed by atoms with Crippen molar-refractivity contribution in [3.63, 3.8) is 0 Å². The Hall–Kier alpha value is -2.49. The molecule has 3 aromatic rings. The molecule has 0 aliphatic heterocycles. The monoisotopic (exact) mass is 434 g/mol. The first-order valence-corrected chi connectivity index (χ1v) is 11.4. The summed E-state index contributed by atoms with van der Waals surface area (Å²) in [5.74, 6) is -0.144. The molecule has 29 heavy (non-hydrogen) atoms. The molecule has 9 heteroatoms. The predicted octanol–water partition coefficient (Wildman–Crippen LogP) is 4.10. The van der Waals surface area contributed by atoms with Crippen LogP contribution in [0.5, 0.6) is 0 Å². The lowest BCUT2D eigenvalue weighted by molar-refractivity contribution is 0.0466. The average Bonchev–Trinajstić information content (AvgIpc) is 3.38. The summed E-state index contributed by atoms with van der Waals surface area (Å²) in [4.78, 5) is 17.8. The number of sulfonamides is 1. The standard InChI is InChI=1S/C20H22N2O5S2/c1-4-22(5-2)29(24,25)16-9-8-14(3)17(11-16)20(23)27-13-15-12-26-19(21-15)18-7-6-10-28-18/h6-12H,4-5,13H2,1-3H3. The van der Waals surface area contributed by atoms with E-state index in [1.165, 1.54) is 34.0 Å². The minimum atomic E-state index is -3.66. The van der Waals surface area contributed by atoms with Crippen molar-refractivity contribution in [2.45, 2.75) is 32.3 Å². The smallest absolute Gasteiger partial charge is 0.338 e. The molecule has 0 fully saturated rings. The minimum Gasteiger partial charge on any atom is -0.455 e. The van der Waals surface area contributed by atoms with E-state index in [0.29, 0.717) is 30.2 Å². The van der Waals surface area contributed by atoms with E-state index in [2.05, 4.69) is 4.98 Å². The van der Waals surface area contributed by atoms with E-state index in [4.69, 9.17) is 9.15 Å². The topological polar surface area (TPSA) is 89.7 Å². The van der Waals surface area contributed by atoms with Gasteiger partial charge < -0.3 is 9.15 Å². The van der Waals surface area contributed by atoms with Crippen molar-refractivity contribution in [2.24, 2.45) is 0 Å². The number of hydrogen-bond acceptors (Lipinski definition) is 7. The Morgan fingerprint density at radius 3 is 2.66 bits per heavy atom. The molecule has 3 rings (SSSR count). The Balaban J connectivity index is 1.76. The van der Waals surface area contributed by atoms with Crippen LogP contribution in [0.2, 0.25) is 0 Å². The maximum atomic E-state index is 12.7. The van der Waals surface area contributed by atoms with Crippen LogP contribution in [0, 0.1) is 6.92 Å². The van der Waals surface area contributed by atoms with Gasteiger partial charge in [0.05, 0.1) is 15.3 Å². The number of hydrogen-bond donors (Lipinski definition) is 0. The summed E-state index contributed by atoms with van der Waals surface area (Å²) in [6.07, 6.45) is 1.44. The molecule has 2 heterocycles. The second-order valence-electron chi connectivity index (χ2n) is 6.26. The zero-order chi connectivity index (χ0) is 21.0. The van der Waals surface area contributed by atoms with E-state index >= 15 is 0 Å². The zero-order valence-electron chi connectivity index (χ0n) is 16.4. The van der Waals surface area contributed by atoms with E-state index in [-0.39, 0.29) is 17.1 Å². The van der Waals surface area contributed by atoms with Crippen LogP contribution in [0.4, 0.5) is 0 Å². The Labute approximate surface area is 174 Å². The van der Waals surface area contributed by atoms with Gasteiger partial charge in [0.15, 0.2) is 0 Å². The summed E-state index contributed by atoms with van der Waals surface area (Å²) in [7, 11) is -3.66. The molecule has 154 valence electrons. The first-order chi connectivity index (χ1) is 13.9. The number of benzene rings is 1. The summed E-state index contributed by atoms with van der Waals surface area (Å²) in [6.45, 7) is 5.91. The molecule has 0 bridgehead atoms. The molecule has 0 atom stereocenters. The summed E-state index contributed by atoms with van der Waals surface area (Å²) in [5, 5.41) is 1.92. The van der Waals surface area contributed by atoms with Crippen LogP contribution < -0.4 is 0 Å². The third kappa shape index (κ3) is 4.58. The number of carbonyl (C=O) groups excluding carboxylic acids is 1. The van der Waals surface area contributed by atoms with Crippen LogP contribution >= 0.6 is 11.3 Å². The molecule has 7 nitrogen and oxygen atoms in total. The molecule has 2 aromatic heterocycles. The van der Waals surface area contributed by atoms with Crippen molar-refractivity contribution >= 4 is 27.3 Å².